The molecule has 2 rings (SSSR count). The molecule has 7 nitrogen and oxygen atoms in total. The van der Waals surface area contributed by atoms with Crippen molar-refractivity contribution < 1.29 is 22.7 Å². The summed E-state index contributed by atoms with van der Waals surface area (Å²) < 4.78 is 30.6. The summed E-state index contributed by atoms with van der Waals surface area (Å²) in [5, 5.41) is 2.73. The highest BCUT2D eigenvalue weighted by Gasteiger charge is 2.29. The number of hydrogen-bond donors (Lipinski definition) is 1. The van der Waals surface area contributed by atoms with Gasteiger partial charge in [-0.05, 0) is 56.7 Å². The molecule has 0 unspecified atom stereocenters. The fourth-order valence-corrected chi connectivity index (χ4v) is 3.94. The van der Waals surface area contributed by atoms with Crippen molar-refractivity contribution in [2.24, 2.45) is 0 Å². The minimum atomic E-state index is -3.68. The Morgan fingerprint density at radius 1 is 1.14 bits per heavy atom. The summed E-state index contributed by atoms with van der Waals surface area (Å²) in [7, 11) is -3.68. The number of benzene rings is 2. The second-order valence-corrected chi connectivity index (χ2v) is 8.17. The van der Waals surface area contributed by atoms with Gasteiger partial charge in [-0.1, -0.05) is 18.2 Å². The first-order valence-corrected chi connectivity index (χ1v) is 10.6. The average Bonchev–Trinajstić information content (AvgIpc) is 2.63. The molecule has 150 valence electrons. The Labute approximate surface area is 165 Å². The highest BCUT2D eigenvalue weighted by Crippen LogP contribution is 2.22. The number of hydrogen-bond acceptors (Lipinski definition) is 5. The maximum absolute atomic E-state index is 12.7. The molecule has 8 heteroatoms. The highest BCUT2D eigenvalue weighted by atomic mass is 32.2. The predicted molar refractivity (Wildman–Crippen MR) is 109 cm³/mol. The molecule has 0 aromatic heterocycles. The number of carbonyl (C=O) groups is 2. The first-order chi connectivity index (χ1) is 13.1. The van der Waals surface area contributed by atoms with E-state index in [9.17, 15) is 18.0 Å². The SMILES string of the molecule is CCOC(=O)c1ccc(NC(=O)[C@H](C)N(c2ccccc2)S(C)(=O)=O)c(C)c1. The normalized spacial score (nSPS) is 12.1. The lowest BCUT2D eigenvalue weighted by Gasteiger charge is -2.28. The van der Waals surface area contributed by atoms with E-state index in [2.05, 4.69) is 5.32 Å². The van der Waals surface area contributed by atoms with Gasteiger partial charge in [-0.25, -0.2) is 13.2 Å². The van der Waals surface area contributed by atoms with Crippen molar-refractivity contribution in [3.63, 3.8) is 0 Å². The first kappa shape index (κ1) is 21.4. The van der Waals surface area contributed by atoms with Crippen molar-refractivity contribution in [3.8, 4) is 0 Å². The van der Waals surface area contributed by atoms with Gasteiger partial charge < -0.3 is 10.1 Å². The number of nitrogens with one attached hydrogen (secondary N) is 1. The van der Waals surface area contributed by atoms with Crippen LogP contribution in [-0.2, 0) is 19.6 Å². The standard InChI is InChI=1S/C20H24N2O5S/c1-5-27-20(24)16-11-12-18(14(2)13-16)21-19(23)15(3)22(28(4,25)26)17-9-7-6-8-10-17/h6-13,15H,5H2,1-4H3,(H,21,23)/t15-/m0/s1. The van der Waals surface area contributed by atoms with E-state index >= 15 is 0 Å². The van der Waals surface area contributed by atoms with Gasteiger partial charge in [-0.2, -0.15) is 0 Å². The topological polar surface area (TPSA) is 92.8 Å². The van der Waals surface area contributed by atoms with E-state index in [0.717, 1.165) is 10.6 Å². The third kappa shape index (κ3) is 5.10. The molecule has 0 aliphatic rings. The summed E-state index contributed by atoms with van der Waals surface area (Å²) >= 11 is 0. The van der Waals surface area contributed by atoms with E-state index < -0.39 is 27.9 Å². The quantitative estimate of drug-likeness (QED) is 0.716. The first-order valence-electron chi connectivity index (χ1n) is 8.78. The van der Waals surface area contributed by atoms with Crippen molar-refractivity contribution in [3.05, 3.63) is 59.7 Å². The number of carbonyl (C=O) groups excluding carboxylic acids is 2. The van der Waals surface area contributed by atoms with Crippen LogP contribution < -0.4 is 9.62 Å². The van der Waals surface area contributed by atoms with Crippen molar-refractivity contribution in [1.82, 2.24) is 0 Å². The summed E-state index contributed by atoms with van der Waals surface area (Å²) in [6.07, 6.45) is 1.06. The molecule has 0 heterocycles. The molecule has 0 bridgehead atoms. The smallest absolute Gasteiger partial charge is 0.338 e. The molecule has 2 aromatic rings. The number of anilines is 2. The van der Waals surface area contributed by atoms with Gasteiger partial charge in [0, 0.05) is 5.69 Å². The molecule has 1 N–H and O–H groups in total. The molecule has 0 saturated heterocycles. The molecule has 1 amide bonds. The monoisotopic (exact) mass is 404 g/mol. The molecule has 0 radical (unpaired) electrons. The van der Waals surface area contributed by atoms with Crippen LogP contribution in [-0.4, -0.2) is 39.2 Å². The summed E-state index contributed by atoms with van der Waals surface area (Å²) in [5.74, 6) is -0.926. The van der Waals surface area contributed by atoms with E-state index in [-0.39, 0.29) is 6.61 Å². The fraction of sp³-hybridized carbons (Fsp3) is 0.300. The van der Waals surface area contributed by atoms with Gasteiger partial charge in [0.2, 0.25) is 15.9 Å². The zero-order chi connectivity index (χ0) is 20.9. The molecule has 0 fully saturated rings. The second-order valence-electron chi connectivity index (χ2n) is 6.31. The molecule has 0 aliphatic carbocycles. The molecule has 0 aliphatic heterocycles. The molecule has 1 atom stereocenters. The Morgan fingerprint density at radius 3 is 2.32 bits per heavy atom. The van der Waals surface area contributed by atoms with Gasteiger partial charge >= 0.3 is 5.97 Å². The second kappa shape index (κ2) is 8.88. The van der Waals surface area contributed by atoms with Crippen molar-refractivity contribution in [2.45, 2.75) is 26.8 Å². The zero-order valence-corrected chi connectivity index (χ0v) is 17.1. The van der Waals surface area contributed by atoms with Gasteiger partial charge in [0.25, 0.3) is 0 Å². The molecule has 28 heavy (non-hydrogen) atoms. The van der Waals surface area contributed by atoms with Crippen molar-refractivity contribution in [1.29, 1.82) is 0 Å². The van der Waals surface area contributed by atoms with Crippen LogP contribution in [0.2, 0.25) is 0 Å². The van der Waals surface area contributed by atoms with Crippen LogP contribution in [0.1, 0.15) is 29.8 Å². The third-order valence-corrected chi connectivity index (χ3v) is 5.34. The average molecular weight is 404 g/mol. The van der Waals surface area contributed by atoms with Gasteiger partial charge in [-0.15, -0.1) is 0 Å². The van der Waals surface area contributed by atoms with Crippen LogP contribution in [0.15, 0.2) is 48.5 Å². The van der Waals surface area contributed by atoms with Gasteiger partial charge in [-0.3, -0.25) is 9.10 Å². The van der Waals surface area contributed by atoms with Crippen molar-refractivity contribution in [2.75, 3.05) is 22.5 Å². The molecule has 0 spiro atoms. The molecular weight excluding hydrogens is 380 g/mol. The van der Waals surface area contributed by atoms with E-state index in [1.807, 2.05) is 0 Å². The molecule has 0 saturated carbocycles. The fourth-order valence-electron chi connectivity index (χ4n) is 2.77. The van der Waals surface area contributed by atoms with E-state index in [1.165, 1.54) is 6.92 Å². The minimum Gasteiger partial charge on any atom is -0.462 e. The van der Waals surface area contributed by atoms with E-state index in [4.69, 9.17) is 4.74 Å². The number of rotatable bonds is 7. The maximum atomic E-state index is 12.7. The number of sulfonamides is 1. The predicted octanol–water partition coefficient (Wildman–Crippen LogP) is 2.96. The van der Waals surface area contributed by atoms with Crippen LogP contribution >= 0.6 is 0 Å². The van der Waals surface area contributed by atoms with E-state index in [1.54, 1.807) is 62.4 Å². The lowest BCUT2D eigenvalue weighted by molar-refractivity contribution is -0.116. The Morgan fingerprint density at radius 2 is 1.79 bits per heavy atom. The van der Waals surface area contributed by atoms with Gasteiger partial charge in [0.15, 0.2) is 0 Å². The Kier molecular flexibility index (Phi) is 6.80. The van der Waals surface area contributed by atoms with E-state index in [0.29, 0.717) is 22.5 Å². The van der Waals surface area contributed by atoms with Crippen LogP contribution in [0.25, 0.3) is 0 Å². The number of aryl methyl sites for hydroxylation is 1. The number of nitrogens with zero attached hydrogens (tertiary/aromatic N) is 1. The Hall–Kier alpha value is -2.87. The van der Waals surface area contributed by atoms with Gasteiger partial charge in [0.1, 0.15) is 6.04 Å². The zero-order valence-electron chi connectivity index (χ0n) is 16.3. The summed E-state index contributed by atoms with van der Waals surface area (Å²) in [4.78, 5) is 24.6. The number of para-hydroxylation sites is 1. The minimum absolute atomic E-state index is 0.273. The third-order valence-electron chi connectivity index (χ3n) is 4.09. The molecule has 2 aromatic carbocycles. The molecular formula is C20H24N2O5S. The van der Waals surface area contributed by atoms with Crippen LogP contribution in [0, 0.1) is 6.92 Å². The van der Waals surface area contributed by atoms with Gasteiger partial charge in [0.05, 0.1) is 24.1 Å². The summed E-state index contributed by atoms with van der Waals surface area (Å²) in [5.41, 5.74) is 1.94. The Bertz CT molecular complexity index is 958. The van der Waals surface area contributed by atoms with Crippen LogP contribution in [0.5, 0.6) is 0 Å². The maximum Gasteiger partial charge on any atom is 0.338 e. The number of ether oxygens (including phenoxy) is 1. The number of esters is 1. The largest absolute Gasteiger partial charge is 0.462 e. The number of amides is 1. The van der Waals surface area contributed by atoms with Crippen LogP contribution in [0.3, 0.4) is 0 Å². The lowest BCUT2D eigenvalue weighted by Crippen LogP contribution is -2.45. The van der Waals surface area contributed by atoms with Crippen LogP contribution in [0.4, 0.5) is 11.4 Å². The summed E-state index contributed by atoms with van der Waals surface area (Å²) in [6.45, 7) is 5.26. The Balaban J connectivity index is 2.24. The summed E-state index contributed by atoms with van der Waals surface area (Å²) in [6, 6.07) is 12.2. The van der Waals surface area contributed by atoms with Crippen molar-refractivity contribution >= 4 is 33.3 Å². The highest BCUT2D eigenvalue weighted by molar-refractivity contribution is 7.92. The lowest BCUT2D eigenvalue weighted by atomic mass is 10.1.